The standard InChI is InChI=1S/C18H19NO3/c1-3-22-12-18(21)14-5-7-16(8-6-14)19-11-15-10-13(2)4-9-17(15)20/h4-11,20H,3,12H2,1-2H3. The van der Waals surface area contributed by atoms with Gasteiger partial charge < -0.3 is 9.84 Å². The molecule has 0 fully saturated rings. The highest BCUT2D eigenvalue weighted by Crippen LogP contribution is 2.18. The van der Waals surface area contributed by atoms with E-state index in [2.05, 4.69) is 4.99 Å². The molecule has 0 bridgehead atoms. The van der Waals surface area contributed by atoms with Crippen molar-refractivity contribution in [2.24, 2.45) is 4.99 Å². The van der Waals surface area contributed by atoms with Crippen LogP contribution in [0.25, 0.3) is 0 Å². The van der Waals surface area contributed by atoms with Gasteiger partial charge in [-0.25, -0.2) is 0 Å². The van der Waals surface area contributed by atoms with Crippen LogP contribution in [0.1, 0.15) is 28.4 Å². The predicted molar refractivity (Wildman–Crippen MR) is 87.4 cm³/mol. The Bertz CT molecular complexity index is 675. The van der Waals surface area contributed by atoms with Gasteiger partial charge >= 0.3 is 0 Å². The second-order valence-corrected chi connectivity index (χ2v) is 4.93. The summed E-state index contributed by atoms with van der Waals surface area (Å²) in [5, 5.41) is 9.76. The first kappa shape index (κ1) is 15.9. The van der Waals surface area contributed by atoms with Gasteiger partial charge in [-0.15, -0.1) is 0 Å². The summed E-state index contributed by atoms with van der Waals surface area (Å²) in [6.45, 7) is 4.42. The van der Waals surface area contributed by atoms with Gasteiger partial charge in [0.05, 0.1) is 5.69 Å². The van der Waals surface area contributed by atoms with E-state index in [0.717, 1.165) is 5.56 Å². The minimum Gasteiger partial charge on any atom is -0.507 e. The fourth-order valence-corrected chi connectivity index (χ4v) is 1.93. The minimum atomic E-state index is -0.0475. The quantitative estimate of drug-likeness (QED) is 0.653. The van der Waals surface area contributed by atoms with E-state index in [-0.39, 0.29) is 18.1 Å². The first-order valence-electron chi connectivity index (χ1n) is 7.15. The topological polar surface area (TPSA) is 58.9 Å². The lowest BCUT2D eigenvalue weighted by Crippen LogP contribution is -2.08. The predicted octanol–water partition coefficient (Wildman–Crippen LogP) is 3.67. The summed E-state index contributed by atoms with van der Waals surface area (Å²) < 4.78 is 5.10. The van der Waals surface area contributed by atoms with Crippen molar-refractivity contribution in [3.8, 4) is 5.75 Å². The fourth-order valence-electron chi connectivity index (χ4n) is 1.93. The van der Waals surface area contributed by atoms with Crippen molar-refractivity contribution in [3.63, 3.8) is 0 Å². The number of phenols is 1. The number of aryl methyl sites for hydroxylation is 1. The lowest BCUT2D eigenvalue weighted by molar-refractivity contribution is 0.0783. The van der Waals surface area contributed by atoms with Crippen molar-refractivity contribution < 1.29 is 14.6 Å². The Morgan fingerprint density at radius 1 is 1.23 bits per heavy atom. The fraction of sp³-hybridized carbons (Fsp3) is 0.222. The number of aliphatic imine (C=N–C) groups is 1. The molecule has 114 valence electrons. The van der Waals surface area contributed by atoms with Gasteiger partial charge in [0.1, 0.15) is 12.4 Å². The van der Waals surface area contributed by atoms with Crippen molar-refractivity contribution in [3.05, 3.63) is 59.2 Å². The molecule has 4 heteroatoms. The molecule has 0 spiro atoms. The van der Waals surface area contributed by atoms with Gasteiger partial charge in [-0.1, -0.05) is 11.6 Å². The molecule has 0 aliphatic carbocycles. The van der Waals surface area contributed by atoms with Gasteiger partial charge in [0.2, 0.25) is 0 Å². The number of ether oxygens (including phenoxy) is 1. The zero-order valence-electron chi connectivity index (χ0n) is 12.7. The molecule has 1 N–H and O–H groups in total. The normalized spacial score (nSPS) is 11.0. The van der Waals surface area contributed by atoms with Gasteiger partial charge in [-0.05, 0) is 50.2 Å². The van der Waals surface area contributed by atoms with Crippen LogP contribution in [0.4, 0.5) is 5.69 Å². The van der Waals surface area contributed by atoms with Gasteiger partial charge in [-0.3, -0.25) is 9.79 Å². The van der Waals surface area contributed by atoms with E-state index < -0.39 is 0 Å². The summed E-state index contributed by atoms with van der Waals surface area (Å²) in [4.78, 5) is 16.1. The molecular weight excluding hydrogens is 278 g/mol. The average Bonchev–Trinajstić information content (AvgIpc) is 2.54. The zero-order chi connectivity index (χ0) is 15.9. The van der Waals surface area contributed by atoms with Crippen LogP contribution in [0.2, 0.25) is 0 Å². The molecular formula is C18H19NO3. The van der Waals surface area contributed by atoms with Crippen LogP contribution in [-0.2, 0) is 4.74 Å². The minimum absolute atomic E-state index is 0.0475. The third kappa shape index (κ3) is 4.27. The van der Waals surface area contributed by atoms with Crippen molar-refractivity contribution in [1.29, 1.82) is 0 Å². The molecule has 0 amide bonds. The molecule has 0 saturated carbocycles. The van der Waals surface area contributed by atoms with Crippen molar-refractivity contribution >= 4 is 17.7 Å². The Kier molecular flexibility index (Phi) is 5.44. The molecule has 0 heterocycles. The molecule has 2 aromatic carbocycles. The van der Waals surface area contributed by atoms with E-state index in [1.54, 1.807) is 36.5 Å². The number of hydrogen-bond acceptors (Lipinski definition) is 4. The highest BCUT2D eigenvalue weighted by Gasteiger charge is 2.05. The van der Waals surface area contributed by atoms with E-state index in [1.165, 1.54) is 0 Å². The molecule has 4 nitrogen and oxygen atoms in total. The first-order valence-corrected chi connectivity index (χ1v) is 7.15. The largest absolute Gasteiger partial charge is 0.507 e. The van der Waals surface area contributed by atoms with E-state index in [9.17, 15) is 9.90 Å². The van der Waals surface area contributed by atoms with Crippen LogP contribution in [0.5, 0.6) is 5.75 Å². The van der Waals surface area contributed by atoms with Crippen LogP contribution in [-0.4, -0.2) is 30.3 Å². The van der Waals surface area contributed by atoms with Gasteiger partial charge in [0.25, 0.3) is 0 Å². The maximum atomic E-state index is 11.8. The summed E-state index contributed by atoms with van der Waals surface area (Å²) >= 11 is 0. The van der Waals surface area contributed by atoms with E-state index in [0.29, 0.717) is 23.4 Å². The maximum Gasteiger partial charge on any atom is 0.188 e. The van der Waals surface area contributed by atoms with Gasteiger partial charge in [0.15, 0.2) is 5.78 Å². The molecule has 0 aromatic heterocycles. The molecule has 0 unspecified atom stereocenters. The second-order valence-electron chi connectivity index (χ2n) is 4.93. The molecule has 2 aromatic rings. The third-order valence-corrected chi connectivity index (χ3v) is 3.16. The molecule has 0 radical (unpaired) electrons. The SMILES string of the molecule is CCOCC(=O)c1ccc(N=Cc2cc(C)ccc2O)cc1. The number of aromatic hydroxyl groups is 1. The van der Waals surface area contributed by atoms with Gasteiger partial charge in [-0.2, -0.15) is 0 Å². The molecule has 0 aliphatic heterocycles. The van der Waals surface area contributed by atoms with Crippen LogP contribution in [0.3, 0.4) is 0 Å². The Balaban J connectivity index is 2.09. The van der Waals surface area contributed by atoms with E-state index in [4.69, 9.17) is 4.74 Å². The zero-order valence-corrected chi connectivity index (χ0v) is 12.7. The number of ketones is 1. The highest BCUT2D eigenvalue weighted by atomic mass is 16.5. The van der Waals surface area contributed by atoms with Gasteiger partial charge in [0, 0.05) is 23.9 Å². The number of benzene rings is 2. The number of phenolic OH excluding ortho intramolecular Hbond substituents is 1. The molecule has 0 saturated heterocycles. The summed E-state index contributed by atoms with van der Waals surface area (Å²) in [7, 11) is 0. The van der Waals surface area contributed by atoms with Crippen LogP contribution in [0.15, 0.2) is 47.5 Å². The molecule has 2 rings (SSSR count). The average molecular weight is 297 g/mol. The number of nitrogens with zero attached hydrogens (tertiary/aromatic N) is 1. The second kappa shape index (κ2) is 7.52. The number of carbonyl (C=O) groups is 1. The molecule has 0 aliphatic rings. The highest BCUT2D eigenvalue weighted by molar-refractivity contribution is 5.97. The van der Waals surface area contributed by atoms with Crippen LogP contribution < -0.4 is 0 Å². The number of carbonyl (C=O) groups excluding carboxylic acids is 1. The molecule has 0 atom stereocenters. The lowest BCUT2D eigenvalue weighted by atomic mass is 10.1. The van der Waals surface area contributed by atoms with E-state index >= 15 is 0 Å². The molecule has 22 heavy (non-hydrogen) atoms. The Morgan fingerprint density at radius 3 is 2.64 bits per heavy atom. The maximum absolute atomic E-state index is 11.8. The third-order valence-electron chi connectivity index (χ3n) is 3.16. The Hall–Kier alpha value is -2.46. The lowest BCUT2D eigenvalue weighted by Gasteiger charge is -2.02. The first-order chi connectivity index (χ1) is 10.6. The van der Waals surface area contributed by atoms with Crippen molar-refractivity contribution in [1.82, 2.24) is 0 Å². The summed E-state index contributed by atoms with van der Waals surface area (Å²) in [5.74, 6) is 0.145. The number of Topliss-reactive ketones (excluding diaryl/α,β-unsaturated/α-hetero) is 1. The van der Waals surface area contributed by atoms with Crippen LogP contribution >= 0.6 is 0 Å². The smallest absolute Gasteiger partial charge is 0.188 e. The Morgan fingerprint density at radius 2 is 1.95 bits per heavy atom. The van der Waals surface area contributed by atoms with Crippen molar-refractivity contribution in [2.45, 2.75) is 13.8 Å². The van der Waals surface area contributed by atoms with Crippen LogP contribution in [0, 0.1) is 6.92 Å². The number of hydrogen-bond donors (Lipinski definition) is 1. The van der Waals surface area contributed by atoms with E-state index in [1.807, 2.05) is 26.0 Å². The Labute approximate surface area is 130 Å². The number of rotatable bonds is 6. The summed E-state index contributed by atoms with van der Waals surface area (Å²) in [6.07, 6.45) is 1.61. The summed E-state index contributed by atoms with van der Waals surface area (Å²) in [6, 6.07) is 12.3. The summed E-state index contributed by atoms with van der Waals surface area (Å²) in [5.41, 5.74) is 3.03. The monoisotopic (exact) mass is 297 g/mol. The van der Waals surface area contributed by atoms with Crippen molar-refractivity contribution in [2.75, 3.05) is 13.2 Å².